The molecule has 2 aliphatic rings. The first-order valence-electron chi connectivity index (χ1n) is 8.69. The molecule has 2 nitrogen and oxygen atoms in total. The Morgan fingerprint density at radius 3 is 2.57 bits per heavy atom. The second-order valence-electron chi connectivity index (χ2n) is 7.47. The molecule has 1 saturated carbocycles. The van der Waals surface area contributed by atoms with E-state index < -0.39 is 0 Å². The highest BCUT2D eigenvalue weighted by Crippen LogP contribution is 2.39. The van der Waals surface area contributed by atoms with Gasteiger partial charge in [-0.15, -0.1) is 0 Å². The summed E-state index contributed by atoms with van der Waals surface area (Å²) in [6, 6.07) is 9.59. The van der Waals surface area contributed by atoms with E-state index in [2.05, 4.69) is 48.3 Å². The van der Waals surface area contributed by atoms with Crippen molar-refractivity contribution in [1.82, 2.24) is 10.2 Å². The van der Waals surface area contributed by atoms with Crippen LogP contribution >= 0.6 is 0 Å². The largest absolute Gasteiger partial charge is 0.314 e. The Bertz CT molecular complexity index is 460. The summed E-state index contributed by atoms with van der Waals surface area (Å²) < 4.78 is 0. The minimum Gasteiger partial charge on any atom is -0.314 e. The van der Waals surface area contributed by atoms with Gasteiger partial charge in [0.25, 0.3) is 0 Å². The molecule has 1 heterocycles. The number of fused-ring (bicyclic) bond motifs is 1. The Labute approximate surface area is 129 Å². The smallest absolute Gasteiger partial charge is 0.0236 e. The fourth-order valence-electron chi connectivity index (χ4n) is 4.10. The molecule has 0 amide bonds. The average Bonchev–Trinajstić information content (AvgIpc) is 2.94. The van der Waals surface area contributed by atoms with Crippen LogP contribution in [0.2, 0.25) is 0 Å². The summed E-state index contributed by atoms with van der Waals surface area (Å²) in [5.41, 5.74) is 3.64. The Kier molecular flexibility index (Phi) is 4.66. The lowest BCUT2D eigenvalue weighted by molar-refractivity contribution is 0.135. The van der Waals surface area contributed by atoms with Crippen LogP contribution < -0.4 is 5.32 Å². The molecule has 0 unspecified atom stereocenters. The first-order valence-corrected chi connectivity index (χ1v) is 8.69. The van der Waals surface area contributed by atoms with Crippen LogP contribution in [0.3, 0.4) is 0 Å². The second kappa shape index (κ2) is 6.50. The lowest BCUT2D eigenvalue weighted by Crippen LogP contribution is -2.45. The van der Waals surface area contributed by atoms with Crippen LogP contribution in [0.15, 0.2) is 24.3 Å². The normalized spacial score (nSPS) is 21.7. The van der Waals surface area contributed by atoms with Gasteiger partial charge in [-0.1, -0.05) is 51.0 Å². The minimum absolute atomic E-state index is 0.524. The molecule has 0 aromatic heterocycles. The van der Waals surface area contributed by atoms with Gasteiger partial charge < -0.3 is 5.32 Å². The maximum Gasteiger partial charge on any atom is 0.0236 e. The zero-order valence-corrected chi connectivity index (χ0v) is 13.7. The molecule has 0 radical (unpaired) electrons. The number of nitrogens with one attached hydrogen (secondary N) is 1. The highest BCUT2D eigenvalue weighted by atomic mass is 15.1. The monoisotopic (exact) mass is 286 g/mol. The fourth-order valence-corrected chi connectivity index (χ4v) is 4.10. The molecule has 0 atom stereocenters. The van der Waals surface area contributed by atoms with Crippen molar-refractivity contribution >= 4 is 0 Å². The van der Waals surface area contributed by atoms with Gasteiger partial charge in [-0.25, -0.2) is 0 Å². The van der Waals surface area contributed by atoms with Crippen molar-refractivity contribution in [3.8, 4) is 0 Å². The summed E-state index contributed by atoms with van der Waals surface area (Å²) in [6.07, 6.45) is 6.88. The minimum atomic E-state index is 0.524. The van der Waals surface area contributed by atoms with Gasteiger partial charge in [0.05, 0.1) is 0 Å². The number of benzene rings is 1. The molecule has 0 saturated heterocycles. The van der Waals surface area contributed by atoms with Gasteiger partial charge in [-0.3, -0.25) is 4.90 Å². The molecule has 1 fully saturated rings. The summed E-state index contributed by atoms with van der Waals surface area (Å²) in [5.74, 6) is 0. The van der Waals surface area contributed by atoms with Gasteiger partial charge in [0.2, 0.25) is 0 Å². The Hall–Kier alpha value is -0.860. The summed E-state index contributed by atoms with van der Waals surface area (Å²) >= 11 is 0. The van der Waals surface area contributed by atoms with Gasteiger partial charge in [0.1, 0.15) is 0 Å². The molecular weight excluding hydrogens is 256 g/mol. The fraction of sp³-hybridized carbons (Fsp3) is 0.684. The van der Waals surface area contributed by atoms with E-state index in [1.807, 2.05) is 0 Å². The number of hydrogen-bond acceptors (Lipinski definition) is 2. The van der Waals surface area contributed by atoms with Crippen LogP contribution in [0.1, 0.15) is 50.7 Å². The molecule has 1 N–H and O–H groups in total. The van der Waals surface area contributed by atoms with Crippen molar-refractivity contribution in [2.24, 2.45) is 5.41 Å². The molecule has 21 heavy (non-hydrogen) atoms. The predicted octanol–water partition coefficient (Wildman–Crippen LogP) is 3.60. The molecule has 1 aromatic rings. The van der Waals surface area contributed by atoms with Crippen LogP contribution in [-0.4, -0.2) is 30.6 Å². The third kappa shape index (κ3) is 3.67. The maximum atomic E-state index is 3.71. The first kappa shape index (κ1) is 15.1. The summed E-state index contributed by atoms with van der Waals surface area (Å²) in [4.78, 5) is 2.70. The van der Waals surface area contributed by atoms with Crippen molar-refractivity contribution < 1.29 is 0 Å². The Morgan fingerprint density at radius 1 is 1.14 bits per heavy atom. The highest BCUT2D eigenvalue weighted by molar-refractivity contribution is 5.29. The molecule has 0 spiro atoms. The van der Waals surface area contributed by atoms with E-state index in [0.717, 1.165) is 6.54 Å². The zero-order valence-electron chi connectivity index (χ0n) is 13.7. The third-order valence-corrected chi connectivity index (χ3v) is 5.32. The van der Waals surface area contributed by atoms with Gasteiger partial charge >= 0.3 is 0 Å². The van der Waals surface area contributed by atoms with E-state index in [1.165, 1.54) is 51.7 Å². The topological polar surface area (TPSA) is 15.3 Å². The quantitative estimate of drug-likeness (QED) is 0.889. The Balaban J connectivity index is 1.64. The summed E-state index contributed by atoms with van der Waals surface area (Å²) in [6.45, 7) is 9.39. The number of hydrogen-bond donors (Lipinski definition) is 1. The van der Waals surface area contributed by atoms with Crippen molar-refractivity contribution in [1.29, 1.82) is 0 Å². The molecule has 1 aliphatic carbocycles. The zero-order chi connectivity index (χ0) is 14.7. The SMILES string of the molecule is CC(C)NCC1(CN2CCc3ccccc3C2)CCCC1. The second-order valence-corrected chi connectivity index (χ2v) is 7.47. The highest BCUT2D eigenvalue weighted by Gasteiger charge is 2.36. The molecule has 116 valence electrons. The van der Waals surface area contributed by atoms with Crippen molar-refractivity contribution in [2.45, 2.75) is 58.5 Å². The summed E-state index contributed by atoms with van der Waals surface area (Å²) in [7, 11) is 0. The van der Waals surface area contributed by atoms with Crippen LogP contribution in [0.4, 0.5) is 0 Å². The lowest BCUT2D eigenvalue weighted by atomic mass is 9.84. The van der Waals surface area contributed by atoms with Gasteiger partial charge in [0, 0.05) is 32.2 Å². The van der Waals surface area contributed by atoms with Crippen LogP contribution in [0.5, 0.6) is 0 Å². The van der Waals surface area contributed by atoms with Crippen molar-refractivity contribution in [3.63, 3.8) is 0 Å². The number of rotatable bonds is 5. The average molecular weight is 286 g/mol. The Morgan fingerprint density at radius 2 is 1.86 bits per heavy atom. The molecule has 1 aliphatic heterocycles. The first-order chi connectivity index (χ1) is 10.2. The van der Waals surface area contributed by atoms with Gasteiger partial charge in [-0.2, -0.15) is 0 Å². The van der Waals surface area contributed by atoms with E-state index in [0.29, 0.717) is 11.5 Å². The molecule has 0 bridgehead atoms. The van der Waals surface area contributed by atoms with Crippen LogP contribution in [0.25, 0.3) is 0 Å². The maximum absolute atomic E-state index is 3.71. The summed E-state index contributed by atoms with van der Waals surface area (Å²) in [5, 5.41) is 3.71. The van der Waals surface area contributed by atoms with E-state index in [9.17, 15) is 0 Å². The van der Waals surface area contributed by atoms with Crippen molar-refractivity contribution in [3.05, 3.63) is 35.4 Å². The van der Waals surface area contributed by atoms with Crippen LogP contribution in [-0.2, 0) is 13.0 Å². The lowest BCUT2D eigenvalue weighted by Gasteiger charge is -2.38. The predicted molar refractivity (Wildman–Crippen MR) is 89.5 cm³/mol. The van der Waals surface area contributed by atoms with E-state index in [4.69, 9.17) is 0 Å². The van der Waals surface area contributed by atoms with Gasteiger partial charge in [0.15, 0.2) is 0 Å². The standard InChI is InChI=1S/C19H30N2/c1-16(2)20-14-19(10-5-6-11-19)15-21-12-9-17-7-3-4-8-18(17)13-21/h3-4,7-8,16,20H,5-6,9-15H2,1-2H3. The van der Waals surface area contributed by atoms with E-state index in [-0.39, 0.29) is 0 Å². The van der Waals surface area contributed by atoms with Crippen molar-refractivity contribution in [2.75, 3.05) is 19.6 Å². The number of nitrogens with zero attached hydrogens (tertiary/aromatic N) is 1. The molecule has 3 rings (SSSR count). The van der Waals surface area contributed by atoms with E-state index in [1.54, 1.807) is 11.1 Å². The van der Waals surface area contributed by atoms with E-state index >= 15 is 0 Å². The molecular formula is C19H30N2. The third-order valence-electron chi connectivity index (χ3n) is 5.32. The molecule has 2 heteroatoms. The molecule has 1 aromatic carbocycles. The van der Waals surface area contributed by atoms with Crippen LogP contribution in [0, 0.1) is 5.41 Å². The van der Waals surface area contributed by atoms with Gasteiger partial charge in [-0.05, 0) is 35.8 Å².